The van der Waals surface area contributed by atoms with Crippen molar-refractivity contribution in [3.05, 3.63) is 77.0 Å². The Bertz CT molecular complexity index is 2140. The molecule has 308 valence electrons. The summed E-state index contributed by atoms with van der Waals surface area (Å²) in [6.45, 7) is 0.145. The molecule has 12 heteroatoms. The van der Waals surface area contributed by atoms with Crippen LogP contribution in [0.1, 0.15) is 101 Å². The largest absolute Gasteiger partial charge is 0.497 e. The molecule has 2 aliphatic carbocycles. The summed E-state index contributed by atoms with van der Waals surface area (Å²) in [5.74, 6) is -0.251. The zero-order chi connectivity index (χ0) is 40.3. The van der Waals surface area contributed by atoms with Gasteiger partial charge in [0.15, 0.2) is 5.78 Å². The first-order valence-electron chi connectivity index (χ1n) is 21.2. The Morgan fingerprint density at radius 3 is 2.45 bits per heavy atom. The average Bonchev–Trinajstić information content (AvgIpc) is 3.68. The van der Waals surface area contributed by atoms with E-state index in [-0.39, 0.29) is 61.7 Å². The molecule has 4 fully saturated rings. The fourth-order valence-electron chi connectivity index (χ4n) is 9.77. The molecular formula is C46H55N2O8PS. The molecule has 2 saturated carbocycles. The van der Waals surface area contributed by atoms with Crippen LogP contribution in [0, 0.1) is 11.8 Å². The number of nitrogens with zero attached hydrogens (tertiary/aromatic N) is 2. The van der Waals surface area contributed by atoms with Crippen LogP contribution in [0.4, 0.5) is 0 Å². The van der Waals surface area contributed by atoms with Crippen LogP contribution in [-0.2, 0) is 29.8 Å². The van der Waals surface area contributed by atoms with Gasteiger partial charge < -0.3 is 24.0 Å². The number of thiophene rings is 1. The maximum atomic E-state index is 14.9. The number of hydrogen-bond acceptors (Lipinski definition) is 9. The maximum Gasteiger partial charge on any atom is 0.306 e. The number of aromatic nitrogens is 1. The van der Waals surface area contributed by atoms with E-state index in [4.69, 9.17) is 19.2 Å². The number of ketones is 1. The number of amides is 1. The Labute approximate surface area is 345 Å². The molecule has 1 N–H and O–H groups in total. The second kappa shape index (κ2) is 17.7. The number of carbonyl (C=O) groups excluding carboxylic acids is 3. The number of ether oxygens (including phenoxy) is 3. The second-order valence-corrected chi connectivity index (χ2v) is 20.6. The van der Waals surface area contributed by atoms with Crippen molar-refractivity contribution < 1.29 is 38.1 Å². The van der Waals surface area contributed by atoms with E-state index in [1.165, 1.54) is 11.3 Å². The van der Waals surface area contributed by atoms with Gasteiger partial charge in [-0.25, -0.2) is 4.98 Å². The number of pyridine rings is 1. The summed E-state index contributed by atoms with van der Waals surface area (Å²) in [5, 5.41) is 1.66. The molecule has 0 bridgehead atoms. The summed E-state index contributed by atoms with van der Waals surface area (Å²) in [6, 6.07) is 20.3. The molecule has 2 saturated heterocycles. The monoisotopic (exact) mass is 826 g/mol. The Hall–Kier alpha value is -4.05. The minimum atomic E-state index is -3.83. The Morgan fingerprint density at radius 2 is 1.69 bits per heavy atom. The van der Waals surface area contributed by atoms with E-state index >= 15 is 0 Å². The van der Waals surface area contributed by atoms with Crippen LogP contribution >= 0.6 is 18.7 Å². The van der Waals surface area contributed by atoms with Crippen LogP contribution in [-0.4, -0.2) is 69.5 Å². The quantitative estimate of drug-likeness (QED) is 0.123. The van der Waals surface area contributed by atoms with Crippen molar-refractivity contribution in [1.82, 2.24) is 9.88 Å². The van der Waals surface area contributed by atoms with Gasteiger partial charge in [-0.1, -0.05) is 68.5 Å². The number of Topliss-reactive ketones (excluding diaryl/α,β-unsaturated/α-hetero) is 1. The molecule has 2 aromatic carbocycles. The van der Waals surface area contributed by atoms with Gasteiger partial charge in [0.2, 0.25) is 13.3 Å². The van der Waals surface area contributed by atoms with Crippen LogP contribution in [0.25, 0.3) is 22.2 Å². The molecule has 10 nitrogen and oxygen atoms in total. The molecule has 58 heavy (non-hydrogen) atoms. The van der Waals surface area contributed by atoms with E-state index in [0.29, 0.717) is 35.6 Å². The van der Waals surface area contributed by atoms with Crippen LogP contribution in [0.2, 0.25) is 0 Å². The number of carbonyl (C=O) groups is 3. The molecule has 2 unspecified atom stereocenters. The third kappa shape index (κ3) is 8.92. The van der Waals surface area contributed by atoms with Crippen molar-refractivity contribution in [1.29, 1.82) is 0 Å². The molecular weight excluding hydrogens is 772 g/mol. The van der Waals surface area contributed by atoms with Crippen LogP contribution in [0.3, 0.4) is 0 Å². The van der Waals surface area contributed by atoms with Gasteiger partial charge in [-0.15, -0.1) is 11.3 Å². The highest BCUT2D eigenvalue weighted by atomic mass is 32.1. The van der Waals surface area contributed by atoms with Crippen molar-refractivity contribution in [3.8, 4) is 22.8 Å². The molecule has 4 heterocycles. The van der Waals surface area contributed by atoms with E-state index in [9.17, 15) is 23.8 Å². The summed E-state index contributed by atoms with van der Waals surface area (Å²) >= 11 is 1.46. The third-order valence-electron chi connectivity index (χ3n) is 13.1. The van der Waals surface area contributed by atoms with Crippen molar-refractivity contribution in [2.75, 3.05) is 13.7 Å². The molecule has 4 aromatic rings. The zero-order valence-electron chi connectivity index (χ0n) is 33.4. The van der Waals surface area contributed by atoms with Gasteiger partial charge in [-0.3, -0.25) is 18.9 Å². The SMILES string of the molecule is COc1ccc2c(O[C@@H]3C[C@H]4C(=O)C[C@]5(P(=O)(O)Cc6cccs6)C[C@H]5CCCCCCCC(CC(=O)OC5CCCC5)C(=O)N4C3)cc(-c3ccccc3)nc2c1. The molecule has 6 atom stereocenters. The first-order chi connectivity index (χ1) is 28.1. The van der Waals surface area contributed by atoms with E-state index in [0.717, 1.165) is 80.0 Å². The minimum absolute atomic E-state index is 0.0235. The summed E-state index contributed by atoms with van der Waals surface area (Å²) in [5.41, 5.74) is 2.31. The van der Waals surface area contributed by atoms with E-state index in [1.54, 1.807) is 12.0 Å². The van der Waals surface area contributed by atoms with Crippen LogP contribution in [0.15, 0.2) is 72.1 Å². The van der Waals surface area contributed by atoms with Gasteiger partial charge >= 0.3 is 5.97 Å². The molecule has 0 radical (unpaired) electrons. The highest BCUT2D eigenvalue weighted by Gasteiger charge is 2.65. The smallest absolute Gasteiger partial charge is 0.306 e. The van der Waals surface area contributed by atoms with E-state index in [1.807, 2.05) is 72.1 Å². The lowest BCUT2D eigenvalue weighted by atomic mass is 9.94. The Kier molecular flexibility index (Phi) is 12.4. The predicted octanol–water partition coefficient (Wildman–Crippen LogP) is 9.75. The van der Waals surface area contributed by atoms with Crippen molar-refractivity contribution >= 4 is 47.3 Å². The number of methoxy groups -OCH3 is 1. The fourth-order valence-corrected chi connectivity index (χ4v) is 13.5. The van der Waals surface area contributed by atoms with Crippen molar-refractivity contribution in [3.63, 3.8) is 0 Å². The molecule has 8 rings (SSSR count). The molecule has 2 aromatic heterocycles. The highest BCUT2D eigenvalue weighted by Crippen LogP contribution is 2.75. The van der Waals surface area contributed by atoms with Gasteiger partial charge in [0.25, 0.3) is 0 Å². The Balaban J connectivity index is 1.12. The fraction of sp³-hybridized carbons (Fsp3) is 0.522. The van der Waals surface area contributed by atoms with E-state index in [2.05, 4.69) is 0 Å². The first kappa shape index (κ1) is 40.7. The number of benzene rings is 2. The first-order valence-corrected chi connectivity index (χ1v) is 23.9. The number of hydrogen-bond donors (Lipinski definition) is 1. The van der Waals surface area contributed by atoms with E-state index < -0.39 is 30.6 Å². The topological polar surface area (TPSA) is 132 Å². The zero-order valence-corrected chi connectivity index (χ0v) is 35.1. The summed E-state index contributed by atoms with van der Waals surface area (Å²) in [4.78, 5) is 62.4. The van der Waals surface area contributed by atoms with Gasteiger partial charge in [0.05, 0.1) is 48.6 Å². The second-order valence-electron chi connectivity index (χ2n) is 17.0. The van der Waals surface area contributed by atoms with Gasteiger partial charge in [0.1, 0.15) is 23.7 Å². The third-order valence-corrected chi connectivity index (χ3v) is 17.0. The lowest BCUT2D eigenvalue weighted by Gasteiger charge is -2.30. The predicted molar refractivity (Wildman–Crippen MR) is 225 cm³/mol. The molecule has 4 aliphatic rings. The molecule has 0 spiro atoms. The number of fused-ring (bicyclic) bond motifs is 3. The van der Waals surface area contributed by atoms with Crippen LogP contribution in [0.5, 0.6) is 11.5 Å². The van der Waals surface area contributed by atoms with Gasteiger partial charge in [0, 0.05) is 46.7 Å². The normalized spacial score (nSPS) is 26.9. The molecule has 2 aliphatic heterocycles. The lowest BCUT2D eigenvalue weighted by molar-refractivity contribution is -0.154. The van der Waals surface area contributed by atoms with Crippen molar-refractivity contribution in [2.24, 2.45) is 11.8 Å². The van der Waals surface area contributed by atoms with Gasteiger partial charge in [-0.2, -0.15) is 0 Å². The Morgan fingerprint density at radius 1 is 0.931 bits per heavy atom. The van der Waals surface area contributed by atoms with Crippen LogP contribution < -0.4 is 9.47 Å². The highest BCUT2D eigenvalue weighted by molar-refractivity contribution is 7.59. The standard InChI is InChI=1S/C46H55N2O8PS/c1-54-35-20-21-38-40(24-35)47-39(31-13-7-5-8-14-31)26-43(38)55-36-25-41-42(49)28-46(57(52,53)30-37-19-12-22-58-37)27-33(46)16-9-4-2-3-6-15-32(45(51)48(41)29-36)23-44(50)56-34-17-10-11-18-34/h5,7-8,12-14,19-22,24,26,32-34,36,41H,2-4,6,9-11,15-18,23,25,27-30H2,1H3,(H,52,53)/t32?,33-,36-,41+,46-/m1/s1. The maximum absolute atomic E-state index is 14.9. The minimum Gasteiger partial charge on any atom is -0.497 e. The number of esters is 1. The molecule has 1 amide bonds. The lowest BCUT2D eigenvalue weighted by Crippen LogP contribution is -2.45. The summed E-state index contributed by atoms with van der Waals surface area (Å²) < 4.78 is 32.7. The summed E-state index contributed by atoms with van der Waals surface area (Å²) in [6.07, 6.45) is 9.73. The van der Waals surface area contributed by atoms with Gasteiger partial charge in [-0.05, 0) is 74.4 Å². The summed E-state index contributed by atoms with van der Waals surface area (Å²) in [7, 11) is -2.21. The number of rotatable bonds is 10. The average molecular weight is 827 g/mol. The van der Waals surface area contributed by atoms with Crippen molar-refractivity contribution in [2.45, 2.75) is 126 Å².